The van der Waals surface area contributed by atoms with Crippen LogP contribution in [0.3, 0.4) is 0 Å². The van der Waals surface area contributed by atoms with E-state index < -0.39 is 5.60 Å². The quantitative estimate of drug-likeness (QED) is 0.818. The molecule has 1 aromatic heterocycles. The molecule has 5 rings (SSSR count). The van der Waals surface area contributed by atoms with Crippen molar-refractivity contribution in [3.63, 3.8) is 0 Å². The van der Waals surface area contributed by atoms with Gasteiger partial charge >= 0.3 is 0 Å². The molecule has 3 aliphatic rings. The summed E-state index contributed by atoms with van der Waals surface area (Å²) < 4.78 is 11.0. The fourth-order valence-corrected chi connectivity index (χ4v) is 4.74. The van der Waals surface area contributed by atoms with Gasteiger partial charge in [-0.05, 0) is 56.2 Å². The topological polar surface area (TPSA) is 71.9 Å². The summed E-state index contributed by atoms with van der Waals surface area (Å²) in [6.07, 6.45) is 7.82. The predicted molar refractivity (Wildman–Crippen MR) is 113 cm³/mol. The van der Waals surface area contributed by atoms with Gasteiger partial charge in [0.15, 0.2) is 5.75 Å². The van der Waals surface area contributed by atoms with Crippen LogP contribution in [0.25, 0.3) is 12.2 Å². The highest BCUT2D eigenvalue weighted by atomic mass is 16.7. The molecule has 2 aliphatic heterocycles. The number of amides is 1. The third kappa shape index (κ3) is 3.16. The summed E-state index contributed by atoms with van der Waals surface area (Å²) in [4.78, 5) is 19.6. The van der Waals surface area contributed by atoms with Gasteiger partial charge in [0, 0.05) is 18.3 Å². The van der Waals surface area contributed by atoms with Crippen LogP contribution in [0.2, 0.25) is 0 Å². The van der Waals surface area contributed by atoms with Crippen LogP contribution in [0.4, 0.5) is 0 Å². The standard InChI is InChI=1S/C24H26N2O4/c1-14-11-25-22-20(29-13-30-22)18(14)10-9-15-5-4-6-17-12-26(23(27)19(15)17)21(16-7-8-16)24(2,3)28/h4-6,9-11,16,21,28H,7-8,12-13H2,1-3H3. The van der Waals surface area contributed by atoms with Crippen molar-refractivity contribution in [3.05, 3.63) is 52.2 Å². The van der Waals surface area contributed by atoms with Crippen LogP contribution in [0.15, 0.2) is 24.4 Å². The molecule has 1 N–H and O–H groups in total. The van der Waals surface area contributed by atoms with Crippen LogP contribution in [0, 0.1) is 12.8 Å². The Hall–Kier alpha value is -2.86. The van der Waals surface area contributed by atoms with Gasteiger partial charge in [-0.15, -0.1) is 0 Å². The van der Waals surface area contributed by atoms with Gasteiger partial charge in [0.25, 0.3) is 11.8 Å². The molecular weight excluding hydrogens is 380 g/mol. The Balaban J connectivity index is 1.49. The number of carbonyl (C=O) groups is 1. The molecular formula is C24H26N2O4. The molecule has 1 atom stereocenters. The predicted octanol–water partition coefficient (Wildman–Crippen LogP) is 3.79. The van der Waals surface area contributed by atoms with E-state index in [1.54, 1.807) is 6.20 Å². The van der Waals surface area contributed by atoms with Crippen LogP contribution in [0.1, 0.15) is 59.3 Å². The minimum absolute atomic E-state index is 0.000498. The Kier molecular flexibility index (Phi) is 4.36. The maximum Gasteiger partial charge on any atom is 0.260 e. The lowest BCUT2D eigenvalue weighted by atomic mass is 9.93. The van der Waals surface area contributed by atoms with E-state index in [1.165, 1.54) is 0 Å². The number of fused-ring (bicyclic) bond motifs is 2. The van der Waals surface area contributed by atoms with E-state index in [4.69, 9.17) is 9.47 Å². The Morgan fingerprint density at radius 3 is 2.80 bits per heavy atom. The van der Waals surface area contributed by atoms with Gasteiger partial charge in [-0.3, -0.25) is 4.79 Å². The Bertz CT molecular complexity index is 1050. The monoisotopic (exact) mass is 406 g/mol. The molecule has 1 unspecified atom stereocenters. The van der Waals surface area contributed by atoms with Crippen LogP contribution < -0.4 is 9.47 Å². The number of aromatic nitrogens is 1. The van der Waals surface area contributed by atoms with Crippen molar-refractivity contribution in [3.8, 4) is 11.6 Å². The lowest BCUT2D eigenvalue weighted by Crippen LogP contribution is -2.51. The third-order valence-electron chi connectivity index (χ3n) is 6.19. The van der Waals surface area contributed by atoms with E-state index in [0.29, 0.717) is 24.1 Å². The third-order valence-corrected chi connectivity index (χ3v) is 6.19. The van der Waals surface area contributed by atoms with E-state index >= 15 is 0 Å². The minimum atomic E-state index is -0.930. The molecule has 0 radical (unpaired) electrons. The van der Waals surface area contributed by atoms with E-state index in [9.17, 15) is 9.90 Å². The lowest BCUT2D eigenvalue weighted by Gasteiger charge is -2.37. The van der Waals surface area contributed by atoms with Crippen molar-refractivity contribution in [2.24, 2.45) is 5.92 Å². The molecule has 1 aromatic carbocycles. The molecule has 1 amide bonds. The molecule has 0 bridgehead atoms. The van der Waals surface area contributed by atoms with Crippen LogP contribution in [-0.4, -0.2) is 39.3 Å². The molecule has 3 heterocycles. The first-order valence-electron chi connectivity index (χ1n) is 10.4. The zero-order chi connectivity index (χ0) is 21.0. The number of aliphatic hydroxyl groups is 1. The van der Waals surface area contributed by atoms with E-state index in [2.05, 4.69) is 4.98 Å². The van der Waals surface area contributed by atoms with Gasteiger partial charge in [0.05, 0.1) is 17.2 Å². The lowest BCUT2D eigenvalue weighted by molar-refractivity contribution is -0.0224. The number of aryl methyl sites for hydroxylation is 1. The fraction of sp³-hybridized carbons (Fsp3) is 0.417. The molecule has 6 heteroatoms. The highest BCUT2D eigenvalue weighted by Gasteiger charge is 2.48. The molecule has 1 saturated carbocycles. The molecule has 0 saturated heterocycles. The van der Waals surface area contributed by atoms with Crippen molar-refractivity contribution in [2.45, 2.75) is 51.8 Å². The van der Waals surface area contributed by atoms with Gasteiger partial charge in [0.2, 0.25) is 6.79 Å². The summed E-state index contributed by atoms with van der Waals surface area (Å²) >= 11 is 0. The number of hydrogen-bond acceptors (Lipinski definition) is 5. The van der Waals surface area contributed by atoms with Crippen molar-refractivity contribution < 1.29 is 19.4 Å². The summed E-state index contributed by atoms with van der Waals surface area (Å²) in [5, 5.41) is 10.7. The van der Waals surface area contributed by atoms with Gasteiger partial charge in [-0.25, -0.2) is 4.98 Å². The maximum atomic E-state index is 13.4. The summed E-state index contributed by atoms with van der Waals surface area (Å²) in [7, 11) is 0. The zero-order valence-corrected chi connectivity index (χ0v) is 17.5. The minimum Gasteiger partial charge on any atom is -0.451 e. The number of pyridine rings is 1. The largest absolute Gasteiger partial charge is 0.451 e. The highest BCUT2D eigenvalue weighted by Crippen LogP contribution is 2.43. The zero-order valence-electron chi connectivity index (χ0n) is 17.5. The molecule has 1 aliphatic carbocycles. The molecule has 2 aromatic rings. The molecule has 1 fully saturated rings. The normalized spacial score (nSPS) is 18.9. The molecule has 30 heavy (non-hydrogen) atoms. The average Bonchev–Trinajstić information content (AvgIpc) is 3.29. The second kappa shape index (κ2) is 6.84. The number of benzene rings is 1. The average molecular weight is 406 g/mol. The molecule has 6 nitrogen and oxygen atoms in total. The van der Waals surface area contributed by atoms with Crippen molar-refractivity contribution >= 4 is 18.1 Å². The van der Waals surface area contributed by atoms with Gasteiger partial charge in [0.1, 0.15) is 0 Å². The molecule has 156 valence electrons. The highest BCUT2D eigenvalue weighted by molar-refractivity contribution is 6.02. The first-order chi connectivity index (χ1) is 14.3. The van der Waals surface area contributed by atoms with E-state index in [-0.39, 0.29) is 18.7 Å². The summed E-state index contributed by atoms with van der Waals surface area (Å²) in [6, 6.07) is 5.78. The van der Waals surface area contributed by atoms with Crippen LogP contribution >= 0.6 is 0 Å². The summed E-state index contributed by atoms with van der Waals surface area (Å²) in [5.41, 5.74) is 3.56. The number of rotatable bonds is 5. The van der Waals surface area contributed by atoms with Crippen LogP contribution in [0.5, 0.6) is 11.6 Å². The van der Waals surface area contributed by atoms with Crippen molar-refractivity contribution in [1.29, 1.82) is 0 Å². The number of hydrogen-bond donors (Lipinski definition) is 1. The number of carbonyl (C=O) groups excluding carboxylic acids is 1. The van der Waals surface area contributed by atoms with Gasteiger partial charge in [-0.2, -0.15) is 0 Å². The number of nitrogens with zero attached hydrogens (tertiary/aromatic N) is 2. The second-order valence-electron chi connectivity index (χ2n) is 8.98. The Morgan fingerprint density at radius 1 is 1.27 bits per heavy atom. The maximum absolute atomic E-state index is 13.4. The molecule has 0 spiro atoms. The van der Waals surface area contributed by atoms with E-state index in [1.807, 2.05) is 56.0 Å². The summed E-state index contributed by atoms with van der Waals surface area (Å²) in [6.45, 7) is 6.30. The Labute approximate surface area is 176 Å². The smallest absolute Gasteiger partial charge is 0.260 e. The summed E-state index contributed by atoms with van der Waals surface area (Å²) in [5.74, 6) is 1.52. The van der Waals surface area contributed by atoms with E-state index in [0.717, 1.165) is 40.7 Å². The Morgan fingerprint density at radius 2 is 2.07 bits per heavy atom. The van der Waals surface area contributed by atoms with Crippen LogP contribution in [-0.2, 0) is 6.54 Å². The SMILES string of the molecule is Cc1cnc2c(c1C=Cc1cccc3c1C(=O)N(C(C1CC1)C(C)(C)O)C3)OCO2. The number of ether oxygens (including phenoxy) is 2. The van der Waals surface area contributed by atoms with Crippen molar-refractivity contribution in [2.75, 3.05) is 6.79 Å². The second-order valence-corrected chi connectivity index (χ2v) is 8.98. The van der Waals surface area contributed by atoms with Gasteiger partial charge < -0.3 is 19.5 Å². The first kappa shape index (κ1) is 19.1. The van der Waals surface area contributed by atoms with Crippen molar-refractivity contribution in [1.82, 2.24) is 9.88 Å². The first-order valence-corrected chi connectivity index (χ1v) is 10.4. The fourth-order valence-electron chi connectivity index (χ4n) is 4.74. The van der Waals surface area contributed by atoms with Gasteiger partial charge in [-0.1, -0.05) is 30.4 Å².